The van der Waals surface area contributed by atoms with Gasteiger partial charge in [-0.2, -0.15) is 0 Å². The van der Waals surface area contributed by atoms with Gasteiger partial charge in [-0.25, -0.2) is 0 Å². The van der Waals surface area contributed by atoms with Crippen LogP contribution in [0.5, 0.6) is 0 Å². The van der Waals surface area contributed by atoms with E-state index in [1.54, 1.807) is 0 Å². The molecule has 2 fully saturated rings. The molecule has 21 heavy (non-hydrogen) atoms. The summed E-state index contributed by atoms with van der Waals surface area (Å²) >= 11 is 0. The third-order valence-electron chi connectivity index (χ3n) is 4.93. The molecule has 7 nitrogen and oxygen atoms in total. The summed E-state index contributed by atoms with van der Waals surface area (Å²) in [7, 11) is 0. The zero-order valence-electron chi connectivity index (χ0n) is 12.3. The zero-order chi connectivity index (χ0) is 15.4. The number of nitrogens with zero attached hydrogens (tertiary/aromatic N) is 1. The number of rotatable bonds is 5. The van der Waals surface area contributed by atoms with Gasteiger partial charge in [0.1, 0.15) is 0 Å². The average molecular weight is 304 g/mol. The molecule has 2 heterocycles. The van der Waals surface area contributed by atoms with E-state index in [0.717, 1.165) is 0 Å². The van der Waals surface area contributed by atoms with Crippen molar-refractivity contribution >= 4 is 0 Å². The third-order valence-corrected chi connectivity index (χ3v) is 4.93. The maximum absolute atomic E-state index is 10.3. The molecule has 7 heteroatoms. The molecule has 2 rings (SSSR count). The number of nitrogens with one attached hydrogen (secondary N) is 1. The quantitative estimate of drug-likeness (QED) is 0.322. The zero-order valence-corrected chi connectivity index (χ0v) is 12.3. The molecule has 0 spiro atoms. The largest absolute Gasteiger partial charge is 0.396 e. The van der Waals surface area contributed by atoms with Gasteiger partial charge in [-0.3, -0.25) is 0 Å². The number of hydrogen-bond acceptors (Lipinski definition) is 7. The monoisotopic (exact) mass is 304 g/mol. The molecule has 0 saturated carbocycles. The highest BCUT2D eigenvalue weighted by Gasteiger charge is 2.38. The number of likely N-dealkylation sites (tertiary alicyclic amines) is 1. The molecule has 0 aromatic heterocycles. The summed E-state index contributed by atoms with van der Waals surface area (Å²) in [5.74, 6) is -0.678. The van der Waals surface area contributed by atoms with Crippen LogP contribution in [0.25, 0.3) is 0 Å². The Kier molecular flexibility index (Phi) is 6.36. The Balaban J connectivity index is 1.95. The predicted octanol–water partition coefficient (Wildman–Crippen LogP) is -2.93. The van der Waals surface area contributed by atoms with Crippen LogP contribution in [0, 0.1) is 23.7 Å². The number of aliphatic hydroxyl groups excluding tert-OH is 5. The highest BCUT2D eigenvalue weighted by atomic mass is 16.3. The second-order valence-corrected chi connectivity index (χ2v) is 6.45. The van der Waals surface area contributed by atoms with Crippen molar-refractivity contribution in [2.75, 3.05) is 52.5 Å². The maximum atomic E-state index is 10.3. The summed E-state index contributed by atoms with van der Waals surface area (Å²) in [5, 5.41) is 51.5. The van der Waals surface area contributed by atoms with E-state index in [-0.39, 0.29) is 43.5 Å². The molecule has 124 valence electrons. The Labute approximate surface area is 125 Å². The van der Waals surface area contributed by atoms with E-state index in [2.05, 4.69) is 10.2 Å². The van der Waals surface area contributed by atoms with E-state index in [1.807, 2.05) is 0 Å². The third kappa shape index (κ3) is 3.92. The molecule has 6 atom stereocenters. The summed E-state index contributed by atoms with van der Waals surface area (Å²) in [6, 6.07) is 0. The van der Waals surface area contributed by atoms with Gasteiger partial charge in [0.25, 0.3) is 0 Å². The lowest BCUT2D eigenvalue weighted by Crippen LogP contribution is -2.56. The minimum absolute atomic E-state index is 0.00447. The van der Waals surface area contributed by atoms with E-state index in [1.165, 1.54) is 0 Å². The molecule has 6 N–H and O–H groups in total. The summed E-state index contributed by atoms with van der Waals surface area (Å²) in [6.45, 7) is 2.78. The first-order valence-corrected chi connectivity index (χ1v) is 7.72. The lowest BCUT2D eigenvalue weighted by atomic mass is 9.84. The number of piperidine rings is 2. The van der Waals surface area contributed by atoms with Gasteiger partial charge in [0.05, 0.1) is 12.2 Å². The average Bonchev–Trinajstić information content (AvgIpc) is 2.50. The van der Waals surface area contributed by atoms with Crippen LogP contribution in [0.2, 0.25) is 0 Å². The van der Waals surface area contributed by atoms with Crippen LogP contribution in [-0.2, 0) is 0 Å². The van der Waals surface area contributed by atoms with Crippen molar-refractivity contribution in [2.24, 2.45) is 23.7 Å². The Bertz CT molecular complexity index is 306. The molecule has 1 unspecified atom stereocenters. The van der Waals surface area contributed by atoms with Gasteiger partial charge in [0.15, 0.2) is 0 Å². The molecular formula is C14H28N2O5. The minimum atomic E-state index is -0.684. The van der Waals surface area contributed by atoms with Crippen molar-refractivity contribution in [3.63, 3.8) is 0 Å². The molecular weight excluding hydrogens is 276 g/mol. The van der Waals surface area contributed by atoms with Crippen molar-refractivity contribution in [1.29, 1.82) is 0 Å². The van der Waals surface area contributed by atoms with Crippen LogP contribution in [0.15, 0.2) is 0 Å². The Morgan fingerprint density at radius 1 is 0.762 bits per heavy atom. The fourth-order valence-corrected chi connectivity index (χ4v) is 3.58. The van der Waals surface area contributed by atoms with Crippen LogP contribution in [-0.4, -0.2) is 95.2 Å². The molecule has 0 radical (unpaired) electrons. The highest BCUT2D eigenvalue weighted by molar-refractivity contribution is 4.90. The maximum Gasteiger partial charge on any atom is 0.0664 e. The topological polar surface area (TPSA) is 116 Å². The second kappa shape index (κ2) is 7.82. The van der Waals surface area contributed by atoms with Gasteiger partial charge in [0, 0.05) is 76.2 Å². The van der Waals surface area contributed by atoms with E-state index >= 15 is 0 Å². The van der Waals surface area contributed by atoms with Gasteiger partial charge >= 0.3 is 0 Å². The Hall–Kier alpha value is -0.280. The summed E-state index contributed by atoms with van der Waals surface area (Å²) in [6.07, 6.45) is -1.24. The molecule has 2 aliphatic rings. The first kappa shape index (κ1) is 17.1. The molecule has 0 bridgehead atoms. The molecule has 2 saturated heterocycles. The van der Waals surface area contributed by atoms with E-state index in [0.29, 0.717) is 32.7 Å². The van der Waals surface area contributed by atoms with Gasteiger partial charge < -0.3 is 35.7 Å². The van der Waals surface area contributed by atoms with Crippen LogP contribution < -0.4 is 5.32 Å². The predicted molar refractivity (Wildman–Crippen MR) is 76.5 cm³/mol. The molecule has 0 amide bonds. The van der Waals surface area contributed by atoms with E-state index < -0.39 is 12.2 Å². The SMILES string of the molecule is OC[C@@H]1CN(C[C@@H]2CNC[C@H](CO)[C@@H]2O)C[C@H](CO)C1O. The Morgan fingerprint density at radius 3 is 1.76 bits per heavy atom. The van der Waals surface area contributed by atoms with Crippen molar-refractivity contribution in [1.82, 2.24) is 10.2 Å². The summed E-state index contributed by atoms with van der Waals surface area (Å²) < 4.78 is 0. The lowest BCUT2D eigenvalue weighted by molar-refractivity contribution is -0.0721. The highest BCUT2D eigenvalue weighted by Crippen LogP contribution is 2.25. The van der Waals surface area contributed by atoms with Gasteiger partial charge in [-0.05, 0) is 0 Å². The van der Waals surface area contributed by atoms with Gasteiger partial charge in [-0.15, -0.1) is 0 Å². The first-order valence-electron chi connectivity index (χ1n) is 7.72. The second-order valence-electron chi connectivity index (χ2n) is 6.45. The fourth-order valence-electron chi connectivity index (χ4n) is 3.58. The van der Waals surface area contributed by atoms with E-state index in [4.69, 9.17) is 0 Å². The van der Waals surface area contributed by atoms with Crippen LogP contribution >= 0.6 is 0 Å². The minimum Gasteiger partial charge on any atom is -0.396 e. The van der Waals surface area contributed by atoms with Crippen LogP contribution in [0.3, 0.4) is 0 Å². The van der Waals surface area contributed by atoms with Gasteiger partial charge in [-0.1, -0.05) is 0 Å². The lowest BCUT2D eigenvalue weighted by Gasteiger charge is -2.43. The molecule has 0 aromatic carbocycles. The number of aliphatic hydroxyl groups is 5. The fraction of sp³-hybridized carbons (Fsp3) is 1.00. The molecule has 2 aliphatic heterocycles. The van der Waals surface area contributed by atoms with Crippen LogP contribution in [0.1, 0.15) is 0 Å². The normalized spacial score (nSPS) is 42.1. The van der Waals surface area contributed by atoms with Crippen molar-refractivity contribution in [2.45, 2.75) is 12.2 Å². The first-order chi connectivity index (χ1) is 10.1. The van der Waals surface area contributed by atoms with Gasteiger partial charge in [0.2, 0.25) is 0 Å². The summed E-state index contributed by atoms with van der Waals surface area (Å²) in [4.78, 5) is 2.09. The standard InChI is InChI=1S/C14H28N2O5/c17-6-10-2-15-1-9(13(10)20)3-16-4-11(7-18)14(21)12(5-16)8-19/h9-15,17-21H,1-8H2/t9-,10+,11-,12+,13+,14?/m0/s1. The molecule has 0 aromatic rings. The smallest absolute Gasteiger partial charge is 0.0664 e. The van der Waals surface area contributed by atoms with Crippen molar-refractivity contribution < 1.29 is 25.5 Å². The number of hydrogen-bond donors (Lipinski definition) is 6. The van der Waals surface area contributed by atoms with Crippen molar-refractivity contribution in [3.8, 4) is 0 Å². The van der Waals surface area contributed by atoms with Crippen LogP contribution in [0.4, 0.5) is 0 Å². The summed E-state index contributed by atoms with van der Waals surface area (Å²) in [5.41, 5.74) is 0. The Morgan fingerprint density at radius 2 is 1.24 bits per heavy atom. The van der Waals surface area contributed by atoms with E-state index in [9.17, 15) is 25.5 Å². The molecule has 0 aliphatic carbocycles. The van der Waals surface area contributed by atoms with Crippen molar-refractivity contribution in [3.05, 3.63) is 0 Å².